The fourth-order valence-electron chi connectivity index (χ4n) is 0.407. The minimum atomic E-state index is -2.70. The number of hydrogen-bond acceptors (Lipinski definition) is 6. The van der Waals surface area contributed by atoms with Gasteiger partial charge in [0.25, 0.3) is 0 Å². The van der Waals surface area contributed by atoms with Crippen LogP contribution < -0.4 is 5.73 Å². The fraction of sp³-hybridized carbons (Fsp3) is 0.600. The van der Waals surface area contributed by atoms with Crippen molar-refractivity contribution in [3.05, 3.63) is 0 Å². The van der Waals surface area contributed by atoms with Crippen LogP contribution in [-0.4, -0.2) is 33.3 Å². The van der Waals surface area contributed by atoms with Crippen LogP contribution in [0.2, 0.25) is 0 Å². The van der Waals surface area contributed by atoms with Crippen LogP contribution in [0, 0.1) is 0 Å². The summed E-state index contributed by atoms with van der Waals surface area (Å²) in [7, 11) is 0. The van der Waals surface area contributed by atoms with Gasteiger partial charge >= 0.3 is 23.3 Å². The molecule has 1 unspecified atom stereocenters. The SMILES string of the molecule is CC(=O)OC[C@H](N)C(=O)OS(=O)O. The van der Waals surface area contributed by atoms with Crippen molar-refractivity contribution < 1.29 is 27.3 Å². The fourth-order valence-corrected chi connectivity index (χ4v) is 0.671. The first kappa shape index (κ1) is 12.0. The van der Waals surface area contributed by atoms with Gasteiger partial charge in [0.1, 0.15) is 12.6 Å². The van der Waals surface area contributed by atoms with Crippen LogP contribution in [0.5, 0.6) is 0 Å². The van der Waals surface area contributed by atoms with Crippen molar-refractivity contribution in [1.29, 1.82) is 0 Å². The summed E-state index contributed by atoms with van der Waals surface area (Å²) in [6.45, 7) is 0.758. The monoisotopic (exact) mass is 211 g/mol. The van der Waals surface area contributed by atoms with E-state index in [1.54, 1.807) is 0 Å². The van der Waals surface area contributed by atoms with Crippen LogP contribution in [0.15, 0.2) is 0 Å². The van der Waals surface area contributed by atoms with Gasteiger partial charge in [-0.05, 0) is 0 Å². The van der Waals surface area contributed by atoms with Gasteiger partial charge in [-0.1, -0.05) is 0 Å². The number of carbonyl (C=O) groups excluding carboxylic acids is 2. The standard InChI is InChI=1S/C5H9NO6S/c1-3(7)11-2-4(6)5(8)12-13(9)10/h4H,2,6H2,1H3,(H,9,10)/t4-/m0/s1. The zero-order valence-electron chi connectivity index (χ0n) is 6.76. The molecule has 7 nitrogen and oxygen atoms in total. The van der Waals surface area contributed by atoms with Crippen LogP contribution in [0.3, 0.4) is 0 Å². The van der Waals surface area contributed by atoms with Gasteiger partial charge in [-0.3, -0.25) is 9.35 Å². The largest absolute Gasteiger partial charge is 0.464 e. The first-order chi connectivity index (χ1) is 5.93. The highest BCUT2D eigenvalue weighted by molar-refractivity contribution is 7.74. The first-order valence-corrected chi connectivity index (χ1v) is 4.18. The Kier molecular flexibility index (Phi) is 5.19. The summed E-state index contributed by atoms with van der Waals surface area (Å²) in [5, 5.41) is 0. The third kappa shape index (κ3) is 6.20. The second-order valence-electron chi connectivity index (χ2n) is 2.03. The molecule has 3 N–H and O–H groups in total. The lowest BCUT2D eigenvalue weighted by molar-refractivity contribution is -0.144. The van der Waals surface area contributed by atoms with Gasteiger partial charge in [0, 0.05) is 6.92 Å². The smallest absolute Gasteiger partial charge is 0.360 e. The highest BCUT2D eigenvalue weighted by Crippen LogP contribution is 1.90. The maximum absolute atomic E-state index is 10.7. The van der Waals surface area contributed by atoms with Gasteiger partial charge in [-0.25, -0.2) is 4.79 Å². The quantitative estimate of drug-likeness (QED) is 0.432. The van der Waals surface area contributed by atoms with E-state index in [0.717, 1.165) is 6.92 Å². The summed E-state index contributed by atoms with van der Waals surface area (Å²) in [5.41, 5.74) is 5.12. The van der Waals surface area contributed by atoms with E-state index in [9.17, 15) is 13.8 Å². The van der Waals surface area contributed by atoms with Crippen molar-refractivity contribution >= 4 is 23.3 Å². The Morgan fingerprint density at radius 2 is 2.15 bits per heavy atom. The molecule has 0 spiro atoms. The highest BCUT2D eigenvalue weighted by Gasteiger charge is 2.18. The van der Waals surface area contributed by atoms with E-state index in [0.29, 0.717) is 0 Å². The lowest BCUT2D eigenvalue weighted by Crippen LogP contribution is -2.37. The maximum Gasteiger partial charge on any atom is 0.360 e. The predicted molar refractivity (Wildman–Crippen MR) is 41.5 cm³/mol. The molecule has 0 aliphatic carbocycles. The average Bonchev–Trinajstić information content (AvgIpc) is 1.98. The van der Waals surface area contributed by atoms with E-state index in [-0.39, 0.29) is 6.61 Å². The highest BCUT2D eigenvalue weighted by atomic mass is 32.2. The predicted octanol–water partition coefficient (Wildman–Crippen LogP) is -1.44. The van der Waals surface area contributed by atoms with Crippen molar-refractivity contribution in [2.24, 2.45) is 5.73 Å². The van der Waals surface area contributed by atoms with E-state index in [1.165, 1.54) is 0 Å². The number of rotatable bonds is 4. The second kappa shape index (κ2) is 5.62. The summed E-state index contributed by atoms with van der Waals surface area (Å²) in [6, 6.07) is -1.25. The summed E-state index contributed by atoms with van der Waals surface area (Å²) < 4.78 is 26.2. The number of ether oxygens (including phenoxy) is 1. The van der Waals surface area contributed by atoms with E-state index < -0.39 is 29.3 Å². The molecule has 0 radical (unpaired) electrons. The lowest BCUT2D eigenvalue weighted by Gasteiger charge is -2.07. The van der Waals surface area contributed by atoms with Gasteiger partial charge in [0.05, 0.1) is 0 Å². The molecule has 76 valence electrons. The van der Waals surface area contributed by atoms with Crippen LogP contribution >= 0.6 is 0 Å². The molecular formula is C5H9NO6S. The molecule has 0 aromatic rings. The zero-order valence-corrected chi connectivity index (χ0v) is 7.58. The topological polar surface area (TPSA) is 116 Å². The Morgan fingerprint density at radius 1 is 1.62 bits per heavy atom. The first-order valence-electron chi connectivity index (χ1n) is 3.15. The van der Waals surface area contributed by atoms with E-state index >= 15 is 0 Å². The van der Waals surface area contributed by atoms with Crippen LogP contribution in [0.25, 0.3) is 0 Å². The molecule has 0 aliphatic heterocycles. The molecular weight excluding hydrogens is 202 g/mol. The van der Waals surface area contributed by atoms with Gasteiger partial charge < -0.3 is 14.7 Å². The van der Waals surface area contributed by atoms with Gasteiger partial charge in [-0.2, -0.15) is 4.21 Å². The summed E-state index contributed by atoms with van der Waals surface area (Å²) in [4.78, 5) is 20.9. The molecule has 0 aromatic heterocycles. The van der Waals surface area contributed by atoms with Crippen LogP contribution in [0.1, 0.15) is 6.92 Å². The Hall–Kier alpha value is -0.990. The minimum Gasteiger partial charge on any atom is -0.464 e. The molecule has 0 rings (SSSR count). The Bertz CT molecular complexity index is 229. The molecule has 0 saturated heterocycles. The second-order valence-corrected chi connectivity index (χ2v) is 2.63. The van der Waals surface area contributed by atoms with E-state index in [1.807, 2.05) is 0 Å². The van der Waals surface area contributed by atoms with Crippen molar-refractivity contribution in [3.63, 3.8) is 0 Å². The molecule has 2 atom stereocenters. The third-order valence-corrected chi connectivity index (χ3v) is 1.23. The van der Waals surface area contributed by atoms with E-state index in [4.69, 9.17) is 10.3 Å². The van der Waals surface area contributed by atoms with Gasteiger partial charge in [0.15, 0.2) is 0 Å². The molecule has 0 bridgehead atoms. The molecule has 8 heteroatoms. The number of hydrogen-bond donors (Lipinski definition) is 2. The molecule has 0 saturated carbocycles. The molecule has 0 aromatic carbocycles. The van der Waals surface area contributed by atoms with Crippen molar-refractivity contribution in [1.82, 2.24) is 0 Å². The molecule has 0 aliphatic rings. The summed E-state index contributed by atoms with van der Waals surface area (Å²) in [6.07, 6.45) is 0. The van der Waals surface area contributed by atoms with Crippen molar-refractivity contribution in [3.8, 4) is 0 Å². The average molecular weight is 211 g/mol. The Morgan fingerprint density at radius 3 is 2.54 bits per heavy atom. The number of carbonyl (C=O) groups is 2. The number of esters is 1. The van der Waals surface area contributed by atoms with Crippen molar-refractivity contribution in [2.75, 3.05) is 6.61 Å². The van der Waals surface area contributed by atoms with Crippen LogP contribution in [-0.2, 0) is 29.9 Å². The minimum absolute atomic E-state index is 0.384. The number of nitrogens with two attached hydrogens (primary N) is 1. The van der Waals surface area contributed by atoms with E-state index in [2.05, 4.69) is 8.92 Å². The molecule has 13 heavy (non-hydrogen) atoms. The summed E-state index contributed by atoms with van der Waals surface area (Å²) >= 11 is -2.70. The van der Waals surface area contributed by atoms with Gasteiger partial charge in [0.2, 0.25) is 0 Å². The molecule has 0 amide bonds. The van der Waals surface area contributed by atoms with Crippen molar-refractivity contribution in [2.45, 2.75) is 13.0 Å². The third-order valence-electron chi connectivity index (χ3n) is 0.922. The molecule has 0 heterocycles. The molecule has 0 fully saturated rings. The lowest BCUT2D eigenvalue weighted by atomic mass is 10.3. The maximum atomic E-state index is 10.7. The van der Waals surface area contributed by atoms with Gasteiger partial charge in [-0.15, -0.1) is 0 Å². The Balaban J connectivity index is 3.82. The zero-order chi connectivity index (χ0) is 10.4. The summed E-state index contributed by atoms with van der Waals surface area (Å²) in [5.74, 6) is -1.71. The Labute approximate surface area is 76.7 Å². The normalized spacial score (nSPS) is 14.4. The van der Waals surface area contributed by atoms with Crippen LogP contribution in [0.4, 0.5) is 0 Å².